The topological polar surface area (TPSA) is 67.0 Å². The number of carbonyl (C=O) groups is 1. The predicted molar refractivity (Wildman–Crippen MR) is 94.7 cm³/mol. The van der Waals surface area contributed by atoms with Gasteiger partial charge < -0.3 is 15.0 Å². The van der Waals surface area contributed by atoms with Crippen LogP contribution in [0.4, 0.5) is 17.6 Å². The van der Waals surface area contributed by atoms with Gasteiger partial charge in [0.05, 0.1) is 6.04 Å². The van der Waals surface area contributed by atoms with Crippen molar-refractivity contribution < 1.29 is 27.1 Å². The van der Waals surface area contributed by atoms with Crippen molar-refractivity contribution in [3.05, 3.63) is 59.3 Å². The Morgan fingerprint density at radius 1 is 1.25 bits per heavy atom. The third-order valence-electron chi connectivity index (χ3n) is 4.00. The molecule has 2 aromatic heterocycles. The number of H-pyrrole nitrogens is 1. The van der Waals surface area contributed by atoms with E-state index in [4.69, 9.17) is 4.74 Å². The lowest BCUT2D eigenvalue weighted by Crippen LogP contribution is -2.28. The van der Waals surface area contributed by atoms with E-state index in [0.717, 1.165) is 0 Å². The summed E-state index contributed by atoms with van der Waals surface area (Å²) in [5, 5.41) is 3.19. The summed E-state index contributed by atoms with van der Waals surface area (Å²) in [4.78, 5) is 19.6. The van der Waals surface area contributed by atoms with Gasteiger partial charge in [0.25, 0.3) is 5.91 Å². The average molecular weight is 395 g/mol. The van der Waals surface area contributed by atoms with Crippen molar-refractivity contribution in [1.82, 2.24) is 15.3 Å². The first-order valence-corrected chi connectivity index (χ1v) is 8.38. The van der Waals surface area contributed by atoms with E-state index >= 15 is 0 Å². The molecule has 1 aromatic carbocycles. The Kier molecular flexibility index (Phi) is 5.26. The molecule has 0 aliphatic rings. The van der Waals surface area contributed by atoms with Crippen LogP contribution < -0.4 is 10.1 Å². The van der Waals surface area contributed by atoms with Gasteiger partial charge in [-0.25, -0.2) is 4.39 Å². The van der Waals surface area contributed by atoms with Crippen LogP contribution in [0.3, 0.4) is 0 Å². The van der Waals surface area contributed by atoms with E-state index in [9.17, 15) is 22.4 Å². The van der Waals surface area contributed by atoms with Crippen LogP contribution in [0, 0.1) is 12.7 Å². The van der Waals surface area contributed by atoms with Crippen LogP contribution in [0.5, 0.6) is 5.75 Å². The number of aromatic amines is 1. The van der Waals surface area contributed by atoms with E-state index < -0.39 is 30.5 Å². The number of rotatable bonds is 5. The molecule has 0 radical (unpaired) electrons. The summed E-state index contributed by atoms with van der Waals surface area (Å²) >= 11 is 0. The fourth-order valence-corrected chi connectivity index (χ4v) is 2.72. The van der Waals surface area contributed by atoms with Crippen LogP contribution in [-0.4, -0.2) is 28.7 Å². The SMILES string of the molecule is Cc1ccc(OCC(F)(F)F)c(C(C)NC(=O)c2cc3cc(F)ccc3[nH]2)n1. The summed E-state index contributed by atoms with van der Waals surface area (Å²) in [5.41, 5.74) is 1.52. The molecule has 0 saturated heterocycles. The van der Waals surface area contributed by atoms with Crippen LogP contribution in [0.2, 0.25) is 0 Å². The summed E-state index contributed by atoms with van der Waals surface area (Å²) in [5.74, 6) is -0.995. The van der Waals surface area contributed by atoms with Gasteiger partial charge in [0.2, 0.25) is 0 Å². The fraction of sp³-hybridized carbons (Fsp3) is 0.263. The highest BCUT2D eigenvalue weighted by molar-refractivity contribution is 5.98. The lowest BCUT2D eigenvalue weighted by atomic mass is 10.1. The number of alkyl halides is 3. The molecule has 1 atom stereocenters. The summed E-state index contributed by atoms with van der Waals surface area (Å²) in [6.45, 7) is 1.80. The van der Waals surface area contributed by atoms with Gasteiger partial charge in [-0.15, -0.1) is 0 Å². The third kappa shape index (κ3) is 4.59. The van der Waals surface area contributed by atoms with E-state index in [1.165, 1.54) is 36.4 Å². The molecule has 5 nitrogen and oxygen atoms in total. The van der Waals surface area contributed by atoms with E-state index in [2.05, 4.69) is 15.3 Å². The molecule has 3 rings (SSSR count). The minimum Gasteiger partial charge on any atom is -0.482 e. The van der Waals surface area contributed by atoms with Gasteiger partial charge in [-0.3, -0.25) is 9.78 Å². The van der Waals surface area contributed by atoms with Gasteiger partial charge in [0, 0.05) is 16.6 Å². The summed E-state index contributed by atoms with van der Waals surface area (Å²) in [6.07, 6.45) is -4.49. The summed E-state index contributed by atoms with van der Waals surface area (Å²) < 4.78 is 55.5. The van der Waals surface area contributed by atoms with Crippen molar-refractivity contribution in [2.75, 3.05) is 6.61 Å². The standard InChI is InChI=1S/C19H17F4N3O2/c1-10-3-6-16(28-9-19(21,22)23)17(24-10)11(2)25-18(27)15-8-12-7-13(20)4-5-14(12)26-15/h3-8,11,26H,9H2,1-2H3,(H,25,27). The number of aromatic nitrogens is 2. The average Bonchev–Trinajstić information content (AvgIpc) is 3.03. The van der Waals surface area contributed by atoms with Gasteiger partial charge in [0.1, 0.15) is 23.0 Å². The maximum Gasteiger partial charge on any atom is 0.422 e. The molecule has 28 heavy (non-hydrogen) atoms. The van der Waals surface area contributed by atoms with Crippen molar-refractivity contribution in [1.29, 1.82) is 0 Å². The van der Waals surface area contributed by atoms with Crippen molar-refractivity contribution in [3.63, 3.8) is 0 Å². The van der Waals surface area contributed by atoms with E-state index in [-0.39, 0.29) is 17.1 Å². The van der Waals surface area contributed by atoms with Crippen molar-refractivity contribution >= 4 is 16.8 Å². The number of nitrogens with zero attached hydrogens (tertiary/aromatic N) is 1. The Labute approximate surface area is 157 Å². The maximum atomic E-state index is 13.3. The van der Waals surface area contributed by atoms with Crippen molar-refractivity contribution in [2.24, 2.45) is 0 Å². The molecule has 9 heteroatoms. The van der Waals surface area contributed by atoms with Crippen LogP contribution in [0.15, 0.2) is 36.4 Å². The first-order valence-electron chi connectivity index (χ1n) is 8.38. The number of pyridine rings is 1. The molecular weight excluding hydrogens is 378 g/mol. The Hall–Kier alpha value is -3.10. The number of benzene rings is 1. The highest BCUT2D eigenvalue weighted by Gasteiger charge is 2.29. The van der Waals surface area contributed by atoms with Gasteiger partial charge in [-0.1, -0.05) is 0 Å². The second-order valence-electron chi connectivity index (χ2n) is 6.35. The third-order valence-corrected chi connectivity index (χ3v) is 4.00. The minimum atomic E-state index is -4.49. The van der Waals surface area contributed by atoms with Crippen LogP contribution in [0.25, 0.3) is 10.9 Å². The predicted octanol–water partition coefficient (Wildman–Crippen LogP) is 4.44. The van der Waals surface area contributed by atoms with Gasteiger partial charge >= 0.3 is 6.18 Å². The first-order chi connectivity index (χ1) is 13.1. The number of fused-ring (bicyclic) bond motifs is 1. The smallest absolute Gasteiger partial charge is 0.422 e. The zero-order valence-corrected chi connectivity index (χ0v) is 15.0. The Morgan fingerprint density at radius 2 is 2.00 bits per heavy atom. The van der Waals surface area contributed by atoms with Gasteiger partial charge in [-0.05, 0) is 50.2 Å². The van der Waals surface area contributed by atoms with E-state index in [1.807, 2.05) is 0 Å². The van der Waals surface area contributed by atoms with Gasteiger partial charge in [-0.2, -0.15) is 13.2 Å². The number of hydrogen-bond donors (Lipinski definition) is 2. The Morgan fingerprint density at radius 3 is 2.71 bits per heavy atom. The Bertz CT molecular complexity index is 1010. The number of halogens is 4. The van der Waals surface area contributed by atoms with Crippen molar-refractivity contribution in [2.45, 2.75) is 26.1 Å². The summed E-state index contributed by atoms with van der Waals surface area (Å²) in [6, 6.07) is 7.75. The van der Waals surface area contributed by atoms with Crippen LogP contribution in [-0.2, 0) is 0 Å². The molecule has 0 saturated carbocycles. The number of amides is 1. The van der Waals surface area contributed by atoms with E-state index in [0.29, 0.717) is 16.6 Å². The fourth-order valence-electron chi connectivity index (χ4n) is 2.72. The lowest BCUT2D eigenvalue weighted by molar-refractivity contribution is -0.153. The number of nitrogens with one attached hydrogen (secondary N) is 2. The molecule has 0 bridgehead atoms. The normalized spacial score (nSPS) is 12.8. The van der Waals surface area contributed by atoms with E-state index in [1.54, 1.807) is 13.8 Å². The number of ether oxygens (including phenoxy) is 1. The van der Waals surface area contributed by atoms with Crippen LogP contribution in [0.1, 0.15) is 34.8 Å². The zero-order chi connectivity index (χ0) is 20.5. The lowest BCUT2D eigenvalue weighted by Gasteiger charge is -2.18. The number of carbonyl (C=O) groups excluding carboxylic acids is 1. The Balaban J connectivity index is 1.80. The largest absolute Gasteiger partial charge is 0.482 e. The quantitative estimate of drug-likeness (QED) is 0.628. The molecule has 0 spiro atoms. The molecule has 1 unspecified atom stereocenters. The second kappa shape index (κ2) is 7.49. The summed E-state index contributed by atoms with van der Waals surface area (Å²) in [7, 11) is 0. The number of aryl methyl sites for hydroxylation is 1. The molecule has 3 aromatic rings. The molecule has 0 aliphatic heterocycles. The number of hydrogen-bond acceptors (Lipinski definition) is 3. The zero-order valence-electron chi connectivity index (χ0n) is 15.0. The van der Waals surface area contributed by atoms with Crippen molar-refractivity contribution in [3.8, 4) is 5.75 Å². The minimum absolute atomic E-state index is 0.0607. The molecule has 0 fully saturated rings. The van der Waals surface area contributed by atoms with Gasteiger partial charge in [0.15, 0.2) is 6.61 Å². The molecule has 1 amide bonds. The van der Waals surface area contributed by atoms with Crippen LogP contribution >= 0.6 is 0 Å². The molecule has 2 heterocycles. The first kappa shape index (κ1) is 19.7. The molecule has 0 aliphatic carbocycles. The second-order valence-corrected chi connectivity index (χ2v) is 6.35. The molecule has 148 valence electrons. The highest BCUT2D eigenvalue weighted by atomic mass is 19.4. The highest BCUT2D eigenvalue weighted by Crippen LogP contribution is 2.26. The molecule has 2 N–H and O–H groups in total. The monoisotopic (exact) mass is 395 g/mol. The maximum absolute atomic E-state index is 13.3. The molecular formula is C19H17F4N3O2.